The Morgan fingerprint density at radius 1 is 1.13 bits per heavy atom. The second kappa shape index (κ2) is 9.42. The van der Waals surface area contributed by atoms with Gasteiger partial charge in [-0.25, -0.2) is 0 Å². The molecule has 2 aliphatic heterocycles. The van der Waals surface area contributed by atoms with E-state index >= 15 is 0 Å². The molecule has 0 amide bonds. The van der Waals surface area contributed by atoms with E-state index in [9.17, 15) is 4.79 Å². The number of nitrogens with one attached hydrogen (secondary N) is 1. The van der Waals surface area contributed by atoms with Gasteiger partial charge in [-0.05, 0) is 13.8 Å². The quantitative estimate of drug-likeness (QED) is 0.516. The van der Waals surface area contributed by atoms with Crippen LogP contribution in [0.4, 0.5) is 0 Å². The van der Waals surface area contributed by atoms with Gasteiger partial charge >= 0.3 is 5.97 Å². The van der Waals surface area contributed by atoms with Crippen LogP contribution in [0.15, 0.2) is 0 Å². The summed E-state index contributed by atoms with van der Waals surface area (Å²) in [6, 6.07) is 0. The van der Waals surface area contributed by atoms with Crippen molar-refractivity contribution in [2.24, 2.45) is 0 Å². The molecule has 23 heavy (non-hydrogen) atoms. The third-order valence-corrected chi connectivity index (χ3v) is 8.79. The number of ether oxygens (including phenoxy) is 3. The predicted molar refractivity (Wildman–Crippen MR) is 93.2 cm³/mol. The van der Waals surface area contributed by atoms with E-state index in [1.165, 1.54) is 0 Å². The molecule has 0 aliphatic carbocycles. The maximum atomic E-state index is 11.7. The van der Waals surface area contributed by atoms with E-state index in [1.807, 2.05) is 13.8 Å². The topological polar surface area (TPSA) is 63.3 Å². The fourth-order valence-corrected chi connectivity index (χ4v) is 6.71. The molecule has 2 saturated heterocycles. The number of hydrogen-bond donors (Lipinski definition) is 1. The van der Waals surface area contributed by atoms with Crippen molar-refractivity contribution in [3.05, 3.63) is 0 Å². The maximum Gasteiger partial charge on any atom is 0.320 e. The van der Waals surface area contributed by atoms with Crippen LogP contribution in [0.25, 0.3) is 0 Å². The van der Waals surface area contributed by atoms with E-state index in [4.69, 9.17) is 26.0 Å². The highest BCUT2D eigenvalue weighted by Gasteiger charge is 2.34. The molecule has 2 rings (SSSR count). The number of nitrogens with zero attached hydrogens (tertiary/aromatic N) is 2. The van der Waals surface area contributed by atoms with Crippen LogP contribution in [0.3, 0.4) is 0 Å². The molecule has 0 aromatic carbocycles. The molecule has 0 aromatic heterocycles. The Balaban J connectivity index is 1.95. The lowest BCUT2D eigenvalue weighted by molar-refractivity contribution is -0.146. The van der Waals surface area contributed by atoms with Gasteiger partial charge < -0.3 is 14.2 Å². The average Bonchev–Trinajstić information content (AvgIpc) is 2.55. The van der Waals surface area contributed by atoms with Crippen LogP contribution in [0, 0.1) is 0 Å². The summed E-state index contributed by atoms with van der Waals surface area (Å²) in [5.74, 6) is -0.231. The van der Waals surface area contributed by atoms with E-state index in [-0.39, 0.29) is 18.6 Å². The summed E-state index contributed by atoms with van der Waals surface area (Å²) >= 11 is 6.12. The van der Waals surface area contributed by atoms with Gasteiger partial charge in [0.15, 0.2) is 0 Å². The summed E-state index contributed by atoms with van der Waals surface area (Å²) < 4.78 is 20.8. The molecule has 7 nitrogen and oxygen atoms in total. The Morgan fingerprint density at radius 3 is 2.04 bits per heavy atom. The second-order valence-corrected chi connectivity index (χ2v) is 10.5. The minimum Gasteiger partial charge on any atom is -0.462 e. The Labute approximate surface area is 143 Å². The molecular weight excluding hydrogens is 337 g/mol. The maximum absolute atomic E-state index is 11.7. The third kappa shape index (κ3) is 5.74. The van der Waals surface area contributed by atoms with Crippen molar-refractivity contribution in [3.63, 3.8) is 0 Å². The van der Waals surface area contributed by atoms with Crippen LogP contribution < -0.4 is 5.32 Å². The molecule has 0 saturated carbocycles. The van der Waals surface area contributed by atoms with Crippen LogP contribution in [0.2, 0.25) is 0 Å². The molecule has 0 unspecified atom stereocenters. The number of carbonyl (C=O) groups excluding carboxylic acids is 1. The fourth-order valence-electron chi connectivity index (χ4n) is 2.72. The summed E-state index contributed by atoms with van der Waals surface area (Å²) in [5.41, 5.74) is 0. The highest BCUT2D eigenvalue weighted by molar-refractivity contribution is 8.12. The smallest absolute Gasteiger partial charge is 0.320 e. The van der Waals surface area contributed by atoms with Crippen LogP contribution >= 0.6 is 6.34 Å². The molecule has 134 valence electrons. The summed E-state index contributed by atoms with van der Waals surface area (Å²) in [6.07, 6.45) is -1.40. The van der Waals surface area contributed by atoms with Crippen molar-refractivity contribution in [1.29, 1.82) is 0 Å². The molecule has 0 aromatic rings. The lowest BCUT2D eigenvalue weighted by Gasteiger charge is -2.45. The van der Waals surface area contributed by atoms with Crippen molar-refractivity contribution < 1.29 is 19.0 Å². The van der Waals surface area contributed by atoms with E-state index in [1.54, 1.807) is 0 Å². The van der Waals surface area contributed by atoms with E-state index in [2.05, 4.69) is 14.7 Å². The normalized spacial score (nSPS) is 21.5. The minimum absolute atomic E-state index is 0.0918. The lowest BCUT2D eigenvalue weighted by Crippen LogP contribution is -2.46. The Kier molecular flexibility index (Phi) is 7.88. The second-order valence-electron chi connectivity index (χ2n) is 5.92. The van der Waals surface area contributed by atoms with E-state index in [0.29, 0.717) is 6.29 Å². The Bertz CT molecular complexity index is 404. The number of esters is 1. The van der Waals surface area contributed by atoms with Crippen LogP contribution in [-0.4, -0.2) is 86.9 Å². The van der Waals surface area contributed by atoms with Gasteiger partial charge in [0.05, 0.1) is 51.7 Å². The minimum atomic E-state index is -1.94. The molecule has 0 atom stereocenters. The van der Waals surface area contributed by atoms with Crippen molar-refractivity contribution in [2.45, 2.75) is 20.0 Å². The van der Waals surface area contributed by atoms with Crippen molar-refractivity contribution in [1.82, 2.24) is 14.7 Å². The molecule has 2 aliphatic rings. The first-order valence-corrected chi connectivity index (χ1v) is 11.1. The SMILES string of the molecule is CC(C)OC(=O)CNCP(=S)(N1CCOCC1)N1CCOCC1. The summed E-state index contributed by atoms with van der Waals surface area (Å²) in [6.45, 7) is 10.2. The first kappa shape index (κ1) is 19.2. The molecule has 0 bridgehead atoms. The molecular formula is C14H28N3O4PS. The zero-order valence-corrected chi connectivity index (χ0v) is 15.7. The third-order valence-electron chi connectivity index (χ3n) is 3.81. The van der Waals surface area contributed by atoms with Gasteiger partial charge in [0.1, 0.15) is 0 Å². The molecule has 2 fully saturated rings. The van der Waals surface area contributed by atoms with Gasteiger partial charge in [-0.1, -0.05) is 11.8 Å². The van der Waals surface area contributed by atoms with Gasteiger partial charge in [0.2, 0.25) is 0 Å². The average molecular weight is 365 g/mol. The zero-order chi connectivity index (χ0) is 16.7. The first-order chi connectivity index (χ1) is 11.0. The molecule has 0 spiro atoms. The lowest BCUT2D eigenvalue weighted by atomic mass is 10.5. The largest absolute Gasteiger partial charge is 0.462 e. The molecule has 2 heterocycles. The monoisotopic (exact) mass is 365 g/mol. The summed E-state index contributed by atoms with van der Waals surface area (Å²) in [4.78, 5) is 11.7. The predicted octanol–water partition coefficient (Wildman–Crippen LogP) is 0.459. The first-order valence-electron chi connectivity index (χ1n) is 8.18. The van der Waals surface area contributed by atoms with Crippen molar-refractivity contribution in [3.8, 4) is 0 Å². The number of carbonyl (C=O) groups is 1. The highest BCUT2D eigenvalue weighted by Crippen LogP contribution is 2.53. The highest BCUT2D eigenvalue weighted by atomic mass is 32.4. The van der Waals surface area contributed by atoms with Gasteiger partial charge in [-0.3, -0.25) is 19.5 Å². The van der Waals surface area contributed by atoms with Crippen molar-refractivity contribution in [2.75, 3.05) is 65.4 Å². The van der Waals surface area contributed by atoms with E-state index < -0.39 is 6.34 Å². The number of morpholine rings is 2. The standard InChI is InChI=1S/C14H28N3O4PS/c1-13(2)21-14(18)11-15-12-22(23,16-3-7-19-8-4-16)17-5-9-20-10-6-17/h13,15H,3-12H2,1-2H3. The number of rotatable bonds is 7. The van der Waals surface area contributed by atoms with Crippen LogP contribution in [-0.2, 0) is 30.8 Å². The van der Waals surface area contributed by atoms with Crippen molar-refractivity contribution >= 4 is 24.1 Å². The van der Waals surface area contributed by atoms with Crippen LogP contribution in [0.5, 0.6) is 0 Å². The molecule has 0 radical (unpaired) electrons. The van der Waals surface area contributed by atoms with Gasteiger partial charge in [-0.15, -0.1) is 0 Å². The number of hydrogen-bond acceptors (Lipinski definition) is 6. The van der Waals surface area contributed by atoms with E-state index in [0.717, 1.165) is 52.6 Å². The van der Waals surface area contributed by atoms with Crippen LogP contribution in [0.1, 0.15) is 13.8 Å². The fraction of sp³-hybridized carbons (Fsp3) is 0.929. The molecule has 1 N–H and O–H groups in total. The van der Waals surface area contributed by atoms with Gasteiger partial charge in [0, 0.05) is 26.2 Å². The van der Waals surface area contributed by atoms with Gasteiger partial charge in [-0.2, -0.15) is 0 Å². The van der Waals surface area contributed by atoms with Gasteiger partial charge in [0.25, 0.3) is 0 Å². The molecule has 9 heteroatoms. The summed E-state index contributed by atoms with van der Waals surface area (Å²) in [7, 11) is 0. The Hall–Kier alpha value is -0.0800. The Morgan fingerprint density at radius 2 is 1.61 bits per heavy atom. The zero-order valence-electron chi connectivity index (χ0n) is 14.0. The summed E-state index contributed by atoms with van der Waals surface area (Å²) in [5, 5.41) is 3.23.